The Hall–Kier alpha value is -5.60. The van der Waals surface area contributed by atoms with Crippen molar-refractivity contribution >= 4 is 47.1 Å². The van der Waals surface area contributed by atoms with Gasteiger partial charge in [0.15, 0.2) is 0 Å². The van der Waals surface area contributed by atoms with E-state index in [0.29, 0.717) is 22.7 Å². The zero-order chi connectivity index (χ0) is 28.0. The number of nitrogens with zero attached hydrogens (tertiary/aromatic N) is 4. The Bertz CT molecular complexity index is 1530. The number of benzene rings is 4. The van der Waals surface area contributed by atoms with Gasteiger partial charge < -0.3 is 0 Å². The van der Waals surface area contributed by atoms with E-state index in [9.17, 15) is 19.2 Å². The van der Waals surface area contributed by atoms with E-state index >= 15 is 0 Å². The molecule has 0 saturated carbocycles. The van der Waals surface area contributed by atoms with Crippen molar-refractivity contribution in [3.63, 3.8) is 0 Å². The number of rotatable bonds is 7. The SMILES string of the molecule is Cc1cc(-c2ccc(N=C=O)c(C)c2)ccc1N=C=O.O=C=Nc1ccc(Cc2ccc(N=C=O)cc2)cc1. The Morgan fingerprint density at radius 3 is 1.15 bits per heavy atom. The number of hydrogen-bond acceptors (Lipinski definition) is 8. The summed E-state index contributed by atoms with van der Waals surface area (Å²) in [6.07, 6.45) is 6.85. The van der Waals surface area contributed by atoms with Gasteiger partial charge in [0.25, 0.3) is 0 Å². The summed E-state index contributed by atoms with van der Waals surface area (Å²) in [5.41, 5.74) is 8.45. The van der Waals surface area contributed by atoms with Crippen LogP contribution in [-0.2, 0) is 25.6 Å². The van der Waals surface area contributed by atoms with Gasteiger partial charge in [-0.2, -0.15) is 20.0 Å². The van der Waals surface area contributed by atoms with Crippen LogP contribution in [-0.4, -0.2) is 24.3 Å². The lowest BCUT2D eigenvalue weighted by molar-refractivity contribution is 0.564. The molecule has 8 nitrogen and oxygen atoms in total. The first-order valence-electron chi connectivity index (χ1n) is 11.7. The molecule has 8 heteroatoms. The molecule has 0 N–H and O–H groups in total. The largest absolute Gasteiger partial charge is 0.240 e. The zero-order valence-electron chi connectivity index (χ0n) is 21.2. The first-order chi connectivity index (χ1) is 19.0. The van der Waals surface area contributed by atoms with Crippen molar-refractivity contribution in [2.24, 2.45) is 20.0 Å². The van der Waals surface area contributed by atoms with Crippen LogP contribution < -0.4 is 0 Å². The summed E-state index contributed by atoms with van der Waals surface area (Å²) in [5.74, 6) is 0. The Kier molecular flexibility index (Phi) is 10.2. The van der Waals surface area contributed by atoms with Crippen LogP contribution in [0.15, 0.2) is 105 Å². The van der Waals surface area contributed by atoms with Crippen molar-refractivity contribution in [3.05, 3.63) is 107 Å². The Balaban J connectivity index is 0.000000216. The molecule has 0 aromatic heterocycles. The molecule has 0 aliphatic rings. The molecule has 0 radical (unpaired) electrons. The first-order valence-corrected chi connectivity index (χ1v) is 11.7. The van der Waals surface area contributed by atoms with Crippen LogP contribution >= 0.6 is 0 Å². The Morgan fingerprint density at radius 2 is 0.846 bits per heavy atom. The fraction of sp³-hybridized carbons (Fsp3) is 0.0968. The average Bonchev–Trinajstić information content (AvgIpc) is 2.94. The van der Waals surface area contributed by atoms with E-state index in [0.717, 1.165) is 39.8 Å². The van der Waals surface area contributed by atoms with Crippen molar-refractivity contribution in [3.8, 4) is 11.1 Å². The van der Waals surface area contributed by atoms with Gasteiger partial charge in [0.2, 0.25) is 24.3 Å². The van der Waals surface area contributed by atoms with Gasteiger partial charge in [0.05, 0.1) is 22.7 Å². The fourth-order valence-corrected chi connectivity index (χ4v) is 3.74. The van der Waals surface area contributed by atoms with Crippen molar-refractivity contribution in [1.29, 1.82) is 0 Å². The topological polar surface area (TPSA) is 118 Å². The van der Waals surface area contributed by atoms with E-state index < -0.39 is 0 Å². The maximum atomic E-state index is 10.3. The Morgan fingerprint density at radius 1 is 0.487 bits per heavy atom. The second kappa shape index (κ2) is 14.2. The monoisotopic (exact) mass is 514 g/mol. The molecular weight excluding hydrogens is 492 g/mol. The van der Waals surface area contributed by atoms with Crippen LogP contribution in [0.2, 0.25) is 0 Å². The standard InChI is InChI=1S/C16H12N2O2.C15H10N2O2/c1-11-7-13(3-5-15(11)17-9-19)14-4-6-16(18-10-20)12(2)8-14;18-10-16-14-5-1-12(2-6-14)9-13-3-7-15(8-4-13)17-11-19/h3-8H,1-2H3;1-8H,9H2. The van der Waals surface area contributed by atoms with Crippen LogP contribution in [0, 0.1) is 13.8 Å². The summed E-state index contributed by atoms with van der Waals surface area (Å²) in [6.45, 7) is 3.77. The minimum absolute atomic E-state index is 0.592. The average molecular weight is 515 g/mol. The highest BCUT2D eigenvalue weighted by molar-refractivity contribution is 5.71. The molecule has 0 unspecified atom stereocenters. The molecular formula is C31H22N4O4. The third-order valence-corrected chi connectivity index (χ3v) is 5.69. The summed E-state index contributed by atoms with van der Waals surface area (Å²) >= 11 is 0. The number of hydrogen-bond donors (Lipinski definition) is 0. The van der Waals surface area contributed by atoms with Gasteiger partial charge in [0.1, 0.15) is 0 Å². The highest BCUT2D eigenvalue weighted by Gasteiger charge is 2.04. The number of aliphatic imine (C=N–C) groups is 4. The van der Waals surface area contributed by atoms with E-state index in [4.69, 9.17) is 0 Å². The molecule has 4 aromatic rings. The summed E-state index contributed by atoms with van der Waals surface area (Å²) in [7, 11) is 0. The zero-order valence-corrected chi connectivity index (χ0v) is 21.2. The Labute approximate surface area is 224 Å². The predicted octanol–water partition coefficient (Wildman–Crippen LogP) is 7.12. The molecule has 0 amide bonds. The molecule has 4 rings (SSSR count). The maximum absolute atomic E-state index is 10.3. The molecule has 0 fully saturated rings. The van der Waals surface area contributed by atoms with Gasteiger partial charge in [0, 0.05) is 0 Å². The van der Waals surface area contributed by atoms with Crippen LogP contribution in [0.1, 0.15) is 22.3 Å². The van der Waals surface area contributed by atoms with Crippen molar-refractivity contribution in [1.82, 2.24) is 0 Å². The van der Waals surface area contributed by atoms with Gasteiger partial charge >= 0.3 is 0 Å². The highest BCUT2D eigenvalue weighted by Crippen LogP contribution is 2.29. The maximum Gasteiger partial charge on any atom is 0.240 e. The van der Waals surface area contributed by atoms with Crippen LogP contribution in [0.4, 0.5) is 22.7 Å². The third-order valence-electron chi connectivity index (χ3n) is 5.69. The summed E-state index contributed by atoms with van der Waals surface area (Å²) in [5, 5.41) is 0. The second-order valence-corrected chi connectivity index (χ2v) is 8.32. The van der Waals surface area contributed by atoms with Crippen molar-refractivity contribution in [2.45, 2.75) is 20.3 Å². The predicted molar refractivity (Wildman–Crippen MR) is 148 cm³/mol. The van der Waals surface area contributed by atoms with Crippen molar-refractivity contribution in [2.75, 3.05) is 0 Å². The third kappa shape index (κ3) is 8.21. The highest BCUT2D eigenvalue weighted by atomic mass is 16.1. The molecule has 39 heavy (non-hydrogen) atoms. The molecule has 190 valence electrons. The van der Waals surface area contributed by atoms with Gasteiger partial charge in [-0.1, -0.05) is 36.4 Å². The molecule has 0 bridgehead atoms. The van der Waals surface area contributed by atoms with Gasteiger partial charge in [-0.05, 0) is 102 Å². The van der Waals surface area contributed by atoms with Gasteiger partial charge in [-0.3, -0.25) is 0 Å². The normalized spacial score (nSPS) is 9.38. The van der Waals surface area contributed by atoms with Crippen LogP contribution in [0.5, 0.6) is 0 Å². The van der Waals surface area contributed by atoms with E-state index in [1.807, 2.05) is 62.4 Å². The lowest BCUT2D eigenvalue weighted by atomic mass is 10.00. The smallest absolute Gasteiger partial charge is 0.211 e. The van der Waals surface area contributed by atoms with Crippen molar-refractivity contribution < 1.29 is 19.2 Å². The molecule has 0 spiro atoms. The number of isocyanates is 4. The first kappa shape index (κ1) is 28.0. The van der Waals surface area contributed by atoms with E-state index in [-0.39, 0.29) is 0 Å². The lowest BCUT2D eigenvalue weighted by Gasteiger charge is -2.07. The molecule has 0 heterocycles. The molecule has 4 aromatic carbocycles. The van der Waals surface area contributed by atoms with Crippen LogP contribution in [0.3, 0.4) is 0 Å². The molecule has 0 atom stereocenters. The molecule has 0 aliphatic carbocycles. The second-order valence-electron chi connectivity index (χ2n) is 8.32. The molecule has 0 saturated heterocycles. The minimum atomic E-state index is 0.592. The van der Waals surface area contributed by atoms with Gasteiger partial charge in [-0.15, -0.1) is 0 Å². The quantitative estimate of drug-likeness (QED) is 0.193. The summed E-state index contributed by atoms with van der Waals surface area (Å²) in [4.78, 5) is 55.1. The van der Waals surface area contributed by atoms with E-state index in [1.54, 1.807) is 48.6 Å². The number of aryl methyl sites for hydroxylation is 2. The van der Waals surface area contributed by atoms with Gasteiger partial charge in [-0.25, -0.2) is 19.2 Å². The lowest BCUT2D eigenvalue weighted by Crippen LogP contribution is -1.86. The fourth-order valence-electron chi connectivity index (χ4n) is 3.74. The van der Waals surface area contributed by atoms with Crippen LogP contribution in [0.25, 0.3) is 11.1 Å². The number of carbonyl (C=O) groups excluding carboxylic acids is 4. The summed E-state index contributed by atoms with van der Waals surface area (Å²) in [6, 6.07) is 26.0. The van der Waals surface area contributed by atoms with E-state index in [2.05, 4.69) is 20.0 Å². The molecule has 0 aliphatic heterocycles. The minimum Gasteiger partial charge on any atom is -0.211 e. The summed E-state index contributed by atoms with van der Waals surface area (Å²) < 4.78 is 0. The van der Waals surface area contributed by atoms with E-state index in [1.165, 1.54) is 12.2 Å².